The molecular formula is C21H22N2O3. The van der Waals surface area contributed by atoms with E-state index in [0.29, 0.717) is 41.6 Å². The highest BCUT2D eigenvalue weighted by Crippen LogP contribution is 2.35. The molecule has 2 amide bonds. The minimum Gasteiger partial charge on any atom is -0.493 e. The molecule has 1 fully saturated rings. The van der Waals surface area contributed by atoms with Gasteiger partial charge in [-0.15, -0.1) is 0 Å². The van der Waals surface area contributed by atoms with Gasteiger partial charge in [0.1, 0.15) is 5.75 Å². The summed E-state index contributed by atoms with van der Waals surface area (Å²) in [6.45, 7) is 3.81. The second kappa shape index (κ2) is 6.83. The number of carbonyl (C=O) groups excluding carboxylic acids is 2. The Hall–Kier alpha value is -2.82. The highest BCUT2D eigenvalue weighted by molar-refractivity contribution is 6.11. The third-order valence-corrected chi connectivity index (χ3v) is 4.87. The predicted octanol–water partition coefficient (Wildman–Crippen LogP) is 3.70. The second-order valence-corrected chi connectivity index (χ2v) is 6.85. The highest BCUT2D eigenvalue weighted by atomic mass is 16.5. The number of nitrogens with one attached hydrogen (secondary N) is 1. The zero-order valence-corrected chi connectivity index (χ0v) is 14.8. The van der Waals surface area contributed by atoms with Crippen LogP contribution in [0.4, 0.5) is 5.69 Å². The largest absolute Gasteiger partial charge is 0.493 e. The first-order valence-electron chi connectivity index (χ1n) is 9.11. The van der Waals surface area contributed by atoms with Gasteiger partial charge in [0, 0.05) is 13.1 Å². The van der Waals surface area contributed by atoms with Crippen LogP contribution in [-0.4, -0.2) is 29.9 Å². The monoisotopic (exact) mass is 350 g/mol. The molecule has 0 bridgehead atoms. The van der Waals surface area contributed by atoms with E-state index < -0.39 is 0 Å². The van der Waals surface area contributed by atoms with Crippen molar-refractivity contribution in [1.82, 2.24) is 4.90 Å². The van der Waals surface area contributed by atoms with E-state index in [1.165, 1.54) is 12.8 Å². The van der Waals surface area contributed by atoms with Crippen molar-refractivity contribution in [3.05, 3.63) is 59.2 Å². The molecule has 0 radical (unpaired) electrons. The quantitative estimate of drug-likeness (QED) is 0.864. The third kappa shape index (κ3) is 3.17. The van der Waals surface area contributed by atoms with Crippen LogP contribution >= 0.6 is 0 Å². The van der Waals surface area contributed by atoms with Gasteiger partial charge in [0.25, 0.3) is 11.8 Å². The maximum atomic E-state index is 12.8. The van der Waals surface area contributed by atoms with E-state index in [-0.39, 0.29) is 11.8 Å². The Bertz CT molecular complexity index is 858. The fourth-order valence-corrected chi connectivity index (χ4v) is 3.41. The van der Waals surface area contributed by atoms with Gasteiger partial charge in [0.15, 0.2) is 0 Å². The molecule has 2 aromatic carbocycles. The lowest BCUT2D eigenvalue weighted by Crippen LogP contribution is -2.26. The van der Waals surface area contributed by atoms with Crippen molar-refractivity contribution in [3.8, 4) is 5.75 Å². The molecule has 1 saturated carbocycles. The first-order valence-corrected chi connectivity index (χ1v) is 9.11. The average molecular weight is 350 g/mol. The summed E-state index contributed by atoms with van der Waals surface area (Å²) in [6, 6.07) is 12.8. The SMILES string of the molecule is CCOc1ccccc1C(=O)Nc1cccc2c1C(=O)N(CC1CC1)C2. The number of carbonyl (C=O) groups is 2. The molecule has 5 heteroatoms. The van der Waals surface area contributed by atoms with E-state index in [4.69, 9.17) is 4.74 Å². The van der Waals surface area contributed by atoms with Crippen LogP contribution in [0, 0.1) is 5.92 Å². The number of nitrogens with zero attached hydrogens (tertiary/aromatic N) is 1. The third-order valence-electron chi connectivity index (χ3n) is 4.87. The van der Waals surface area contributed by atoms with Crippen LogP contribution in [0.25, 0.3) is 0 Å². The molecular weight excluding hydrogens is 328 g/mol. The number of benzene rings is 2. The van der Waals surface area contributed by atoms with Gasteiger partial charge < -0.3 is 15.0 Å². The summed E-state index contributed by atoms with van der Waals surface area (Å²) in [4.78, 5) is 27.5. The maximum Gasteiger partial charge on any atom is 0.259 e. The van der Waals surface area contributed by atoms with Crippen LogP contribution in [0.2, 0.25) is 0 Å². The Morgan fingerprint density at radius 1 is 1.19 bits per heavy atom. The summed E-state index contributed by atoms with van der Waals surface area (Å²) in [6.07, 6.45) is 2.41. The van der Waals surface area contributed by atoms with Gasteiger partial charge in [-0.25, -0.2) is 0 Å². The molecule has 0 atom stereocenters. The van der Waals surface area contributed by atoms with Crippen LogP contribution in [-0.2, 0) is 6.54 Å². The van der Waals surface area contributed by atoms with Gasteiger partial charge in [0.05, 0.1) is 23.4 Å². The Morgan fingerprint density at radius 3 is 2.77 bits per heavy atom. The van der Waals surface area contributed by atoms with Gasteiger partial charge in [-0.1, -0.05) is 24.3 Å². The molecule has 134 valence electrons. The number of hydrogen-bond acceptors (Lipinski definition) is 3. The van der Waals surface area contributed by atoms with Crippen molar-refractivity contribution in [2.45, 2.75) is 26.3 Å². The van der Waals surface area contributed by atoms with Crippen molar-refractivity contribution in [2.75, 3.05) is 18.5 Å². The van der Waals surface area contributed by atoms with E-state index in [1.54, 1.807) is 24.3 Å². The van der Waals surface area contributed by atoms with Gasteiger partial charge >= 0.3 is 0 Å². The molecule has 4 rings (SSSR count). The standard InChI is InChI=1S/C21H22N2O3/c1-2-26-18-9-4-3-7-16(18)20(24)22-17-8-5-6-15-13-23(12-14-10-11-14)21(25)19(15)17/h3-9,14H,2,10-13H2,1H3,(H,22,24). The molecule has 1 heterocycles. The lowest BCUT2D eigenvalue weighted by atomic mass is 10.1. The summed E-state index contributed by atoms with van der Waals surface area (Å²) in [5.41, 5.74) is 2.64. The predicted molar refractivity (Wildman–Crippen MR) is 99.5 cm³/mol. The molecule has 5 nitrogen and oxygen atoms in total. The van der Waals surface area contributed by atoms with Gasteiger partial charge in [0.2, 0.25) is 0 Å². The summed E-state index contributed by atoms with van der Waals surface area (Å²) in [7, 11) is 0. The van der Waals surface area contributed by atoms with Crippen molar-refractivity contribution < 1.29 is 14.3 Å². The van der Waals surface area contributed by atoms with E-state index in [9.17, 15) is 9.59 Å². The second-order valence-electron chi connectivity index (χ2n) is 6.85. The fraction of sp³-hybridized carbons (Fsp3) is 0.333. The zero-order valence-electron chi connectivity index (χ0n) is 14.8. The topological polar surface area (TPSA) is 58.6 Å². The van der Waals surface area contributed by atoms with Crippen LogP contribution in [0.5, 0.6) is 5.75 Å². The van der Waals surface area contributed by atoms with Crippen molar-refractivity contribution in [3.63, 3.8) is 0 Å². The molecule has 2 aliphatic rings. The summed E-state index contributed by atoms with van der Waals surface area (Å²) >= 11 is 0. The minimum atomic E-state index is -0.268. The molecule has 1 aliphatic heterocycles. The fourth-order valence-electron chi connectivity index (χ4n) is 3.41. The highest BCUT2D eigenvalue weighted by Gasteiger charge is 2.34. The molecule has 0 saturated heterocycles. The van der Waals surface area contributed by atoms with Gasteiger partial charge in [-0.3, -0.25) is 9.59 Å². The number of hydrogen-bond donors (Lipinski definition) is 1. The molecule has 0 unspecified atom stereocenters. The Kier molecular flexibility index (Phi) is 4.37. The van der Waals surface area contributed by atoms with E-state index in [2.05, 4.69) is 5.32 Å². The Labute approximate surface area is 153 Å². The molecule has 0 spiro atoms. The summed E-state index contributed by atoms with van der Waals surface area (Å²) in [5, 5.41) is 2.91. The maximum absolute atomic E-state index is 12.8. The van der Waals surface area contributed by atoms with Crippen LogP contribution in [0.1, 0.15) is 46.0 Å². The first-order chi connectivity index (χ1) is 12.7. The van der Waals surface area contributed by atoms with E-state index in [0.717, 1.165) is 12.1 Å². The number of para-hydroxylation sites is 1. The summed E-state index contributed by atoms with van der Waals surface area (Å²) < 4.78 is 5.54. The number of fused-ring (bicyclic) bond motifs is 1. The normalized spacial score (nSPS) is 15.7. The molecule has 1 aliphatic carbocycles. The molecule has 26 heavy (non-hydrogen) atoms. The molecule has 0 aromatic heterocycles. The average Bonchev–Trinajstić information content (AvgIpc) is 3.40. The number of ether oxygens (including phenoxy) is 1. The van der Waals surface area contributed by atoms with Gasteiger partial charge in [-0.05, 0) is 49.4 Å². The Balaban J connectivity index is 1.58. The minimum absolute atomic E-state index is 0.0147. The smallest absolute Gasteiger partial charge is 0.259 e. The lowest BCUT2D eigenvalue weighted by Gasteiger charge is -2.15. The van der Waals surface area contributed by atoms with Crippen LogP contribution < -0.4 is 10.1 Å². The van der Waals surface area contributed by atoms with E-state index in [1.807, 2.05) is 30.0 Å². The van der Waals surface area contributed by atoms with Crippen molar-refractivity contribution in [2.24, 2.45) is 5.92 Å². The van der Waals surface area contributed by atoms with Crippen LogP contribution in [0.15, 0.2) is 42.5 Å². The molecule has 1 N–H and O–H groups in total. The first kappa shape index (κ1) is 16.6. The number of rotatable bonds is 6. The number of amides is 2. The lowest BCUT2D eigenvalue weighted by molar-refractivity contribution is 0.0772. The summed E-state index contributed by atoms with van der Waals surface area (Å²) in [5.74, 6) is 0.933. The zero-order chi connectivity index (χ0) is 18.1. The van der Waals surface area contributed by atoms with Crippen LogP contribution in [0.3, 0.4) is 0 Å². The van der Waals surface area contributed by atoms with Crippen molar-refractivity contribution in [1.29, 1.82) is 0 Å². The van der Waals surface area contributed by atoms with Crippen molar-refractivity contribution >= 4 is 17.5 Å². The Morgan fingerprint density at radius 2 is 2.00 bits per heavy atom. The van der Waals surface area contributed by atoms with E-state index >= 15 is 0 Å². The molecule has 2 aromatic rings. The number of anilines is 1. The van der Waals surface area contributed by atoms with Gasteiger partial charge in [-0.2, -0.15) is 0 Å².